The van der Waals surface area contributed by atoms with Gasteiger partial charge in [-0.05, 0) is 13.8 Å². The topological polar surface area (TPSA) is 64.1 Å². The molecule has 0 aliphatic carbocycles. The first-order chi connectivity index (χ1) is 9.67. The molecule has 0 aromatic carbocycles. The maximum absolute atomic E-state index is 11.3. The number of anilines is 1. The molecule has 0 unspecified atom stereocenters. The van der Waals surface area contributed by atoms with Crippen LogP contribution in [0.2, 0.25) is 0 Å². The summed E-state index contributed by atoms with van der Waals surface area (Å²) in [6.07, 6.45) is 0.996. The SMILES string of the molecule is CCOC(=O)CCc1csc(NCc2nc(C)cs2)n1. The number of aromatic nitrogens is 2. The summed E-state index contributed by atoms with van der Waals surface area (Å²) in [7, 11) is 0. The zero-order valence-electron chi connectivity index (χ0n) is 11.5. The van der Waals surface area contributed by atoms with Gasteiger partial charge in [-0.1, -0.05) is 0 Å². The number of carbonyl (C=O) groups is 1. The van der Waals surface area contributed by atoms with Gasteiger partial charge >= 0.3 is 5.97 Å². The number of thiazole rings is 2. The zero-order valence-corrected chi connectivity index (χ0v) is 13.1. The Bertz CT molecular complexity index is 565. The van der Waals surface area contributed by atoms with E-state index in [4.69, 9.17) is 4.74 Å². The van der Waals surface area contributed by atoms with Crippen LogP contribution in [0.1, 0.15) is 29.7 Å². The molecule has 1 N–H and O–H groups in total. The van der Waals surface area contributed by atoms with Gasteiger partial charge < -0.3 is 10.1 Å². The molecule has 0 fully saturated rings. The van der Waals surface area contributed by atoms with Crippen LogP contribution in [-0.4, -0.2) is 22.5 Å². The van der Waals surface area contributed by atoms with Crippen LogP contribution < -0.4 is 5.32 Å². The normalized spacial score (nSPS) is 10.5. The highest BCUT2D eigenvalue weighted by Crippen LogP contribution is 2.18. The van der Waals surface area contributed by atoms with E-state index < -0.39 is 0 Å². The van der Waals surface area contributed by atoms with E-state index in [0.29, 0.717) is 26.0 Å². The molecule has 0 atom stereocenters. The van der Waals surface area contributed by atoms with Crippen LogP contribution in [0.25, 0.3) is 0 Å². The lowest BCUT2D eigenvalue weighted by atomic mass is 10.2. The molecule has 108 valence electrons. The minimum absolute atomic E-state index is 0.173. The van der Waals surface area contributed by atoms with Crippen molar-refractivity contribution in [2.75, 3.05) is 11.9 Å². The number of hydrogen-bond donors (Lipinski definition) is 1. The fourth-order valence-electron chi connectivity index (χ4n) is 1.60. The molecule has 2 aromatic heterocycles. The van der Waals surface area contributed by atoms with Crippen LogP contribution in [0.4, 0.5) is 5.13 Å². The maximum Gasteiger partial charge on any atom is 0.306 e. The van der Waals surface area contributed by atoms with E-state index in [0.717, 1.165) is 21.5 Å². The van der Waals surface area contributed by atoms with Gasteiger partial charge in [0.2, 0.25) is 0 Å². The van der Waals surface area contributed by atoms with Crippen molar-refractivity contribution >= 4 is 33.8 Å². The highest BCUT2D eigenvalue weighted by molar-refractivity contribution is 7.13. The quantitative estimate of drug-likeness (QED) is 0.796. The van der Waals surface area contributed by atoms with Crippen molar-refractivity contribution in [1.29, 1.82) is 0 Å². The smallest absolute Gasteiger partial charge is 0.306 e. The van der Waals surface area contributed by atoms with E-state index in [1.54, 1.807) is 22.7 Å². The van der Waals surface area contributed by atoms with Crippen LogP contribution in [0.15, 0.2) is 10.8 Å². The number of nitrogens with one attached hydrogen (secondary N) is 1. The molecule has 2 rings (SSSR count). The lowest BCUT2D eigenvalue weighted by molar-refractivity contribution is -0.143. The summed E-state index contributed by atoms with van der Waals surface area (Å²) in [5.74, 6) is -0.173. The van der Waals surface area contributed by atoms with Crippen LogP contribution in [0, 0.1) is 6.92 Å². The van der Waals surface area contributed by atoms with Crippen molar-refractivity contribution in [1.82, 2.24) is 9.97 Å². The predicted octanol–water partition coefficient (Wildman–Crippen LogP) is 3.02. The molecule has 2 heterocycles. The highest BCUT2D eigenvalue weighted by Gasteiger charge is 2.07. The summed E-state index contributed by atoms with van der Waals surface area (Å²) in [5, 5.41) is 9.15. The Labute approximate surface area is 126 Å². The number of nitrogens with zero attached hydrogens (tertiary/aromatic N) is 2. The Morgan fingerprint density at radius 2 is 2.20 bits per heavy atom. The van der Waals surface area contributed by atoms with E-state index in [2.05, 4.69) is 15.3 Å². The van der Waals surface area contributed by atoms with Gasteiger partial charge in [-0.25, -0.2) is 9.97 Å². The van der Waals surface area contributed by atoms with Crippen LogP contribution >= 0.6 is 22.7 Å². The molecule has 0 saturated carbocycles. The number of rotatable bonds is 7. The van der Waals surface area contributed by atoms with Gasteiger partial charge in [0, 0.05) is 22.9 Å². The minimum Gasteiger partial charge on any atom is -0.466 e. The molecule has 7 heteroatoms. The Morgan fingerprint density at radius 3 is 2.90 bits per heavy atom. The van der Waals surface area contributed by atoms with Gasteiger partial charge in [0.15, 0.2) is 5.13 Å². The maximum atomic E-state index is 11.3. The molecule has 0 amide bonds. The summed E-state index contributed by atoms with van der Waals surface area (Å²) in [4.78, 5) is 20.1. The van der Waals surface area contributed by atoms with Crippen molar-refractivity contribution < 1.29 is 9.53 Å². The molecule has 0 spiro atoms. The number of hydrogen-bond acceptors (Lipinski definition) is 7. The summed E-state index contributed by atoms with van der Waals surface area (Å²) in [6.45, 7) is 4.90. The monoisotopic (exact) mass is 311 g/mol. The van der Waals surface area contributed by atoms with Crippen molar-refractivity contribution in [3.8, 4) is 0 Å². The summed E-state index contributed by atoms with van der Waals surface area (Å²) >= 11 is 3.18. The first-order valence-corrected chi connectivity index (χ1v) is 8.18. The van der Waals surface area contributed by atoms with Crippen molar-refractivity contribution in [3.63, 3.8) is 0 Å². The van der Waals surface area contributed by atoms with Gasteiger partial charge in [0.1, 0.15) is 5.01 Å². The van der Waals surface area contributed by atoms with Gasteiger partial charge in [0.25, 0.3) is 0 Å². The molecule has 20 heavy (non-hydrogen) atoms. The molecule has 0 aliphatic rings. The van der Waals surface area contributed by atoms with E-state index in [1.165, 1.54) is 0 Å². The average molecular weight is 311 g/mol. The number of ether oxygens (including phenoxy) is 1. The van der Waals surface area contributed by atoms with E-state index in [1.807, 2.05) is 24.6 Å². The van der Waals surface area contributed by atoms with Crippen LogP contribution in [0.3, 0.4) is 0 Å². The Hall–Kier alpha value is -1.47. The fraction of sp³-hybridized carbons (Fsp3) is 0.462. The lowest BCUT2D eigenvalue weighted by Crippen LogP contribution is -2.05. The second kappa shape index (κ2) is 7.35. The summed E-state index contributed by atoms with van der Waals surface area (Å²) in [5.41, 5.74) is 1.96. The third kappa shape index (κ3) is 4.57. The molecular formula is C13H17N3O2S2. The minimum atomic E-state index is -0.173. The third-order valence-corrected chi connectivity index (χ3v) is 4.32. The second-order valence-electron chi connectivity index (χ2n) is 4.19. The van der Waals surface area contributed by atoms with Crippen molar-refractivity contribution in [2.24, 2.45) is 0 Å². The standard InChI is InChI=1S/C13H17N3O2S2/c1-3-18-12(17)5-4-10-8-20-13(16-10)14-6-11-15-9(2)7-19-11/h7-8H,3-6H2,1-2H3,(H,14,16). The van der Waals surface area contributed by atoms with Crippen molar-refractivity contribution in [2.45, 2.75) is 33.2 Å². The Morgan fingerprint density at radius 1 is 1.35 bits per heavy atom. The number of aryl methyl sites for hydroxylation is 2. The molecule has 0 bridgehead atoms. The van der Waals surface area contributed by atoms with Crippen LogP contribution in [-0.2, 0) is 22.5 Å². The number of esters is 1. The Kier molecular flexibility index (Phi) is 5.49. The Balaban J connectivity index is 1.78. The lowest BCUT2D eigenvalue weighted by Gasteiger charge is -2.00. The molecule has 0 saturated heterocycles. The average Bonchev–Trinajstić information content (AvgIpc) is 3.03. The summed E-state index contributed by atoms with van der Waals surface area (Å²) in [6, 6.07) is 0. The molecule has 0 radical (unpaired) electrons. The van der Waals surface area contributed by atoms with E-state index in [9.17, 15) is 4.79 Å². The number of carbonyl (C=O) groups excluding carboxylic acids is 1. The van der Waals surface area contributed by atoms with Gasteiger partial charge in [-0.3, -0.25) is 4.79 Å². The first-order valence-electron chi connectivity index (χ1n) is 6.42. The fourth-order valence-corrected chi connectivity index (χ4v) is 3.06. The van der Waals surface area contributed by atoms with E-state index in [-0.39, 0.29) is 5.97 Å². The summed E-state index contributed by atoms with van der Waals surface area (Å²) < 4.78 is 4.89. The van der Waals surface area contributed by atoms with E-state index >= 15 is 0 Å². The second-order valence-corrected chi connectivity index (χ2v) is 5.99. The van der Waals surface area contributed by atoms with Gasteiger partial charge in [0.05, 0.1) is 25.3 Å². The molecule has 2 aromatic rings. The largest absolute Gasteiger partial charge is 0.466 e. The third-order valence-electron chi connectivity index (χ3n) is 2.50. The van der Waals surface area contributed by atoms with Crippen LogP contribution in [0.5, 0.6) is 0 Å². The predicted molar refractivity (Wildman–Crippen MR) is 81.2 cm³/mol. The zero-order chi connectivity index (χ0) is 14.4. The first kappa shape index (κ1) is 14.9. The molecule has 0 aliphatic heterocycles. The van der Waals surface area contributed by atoms with Gasteiger partial charge in [-0.15, -0.1) is 22.7 Å². The van der Waals surface area contributed by atoms with Crippen molar-refractivity contribution in [3.05, 3.63) is 27.2 Å². The highest BCUT2D eigenvalue weighted by atomic mass is 32.1. The molecule has 5 nitrogen and oxygen atoms in total. The van der Waals surface area contributed by atoms with Gasteiger partial charge in [-0.2, -0.15) is 0 Å². The molecular weight excluding hydrogens is 294 g/mol.